The van der Waals surface area contributed by atoms with Crippen molar-refractivity contribution >= 4 is 46.5 Å². The third-order valence-electron chi connectivity index (χ3n) is 4.27. The van der Waals surface area contributed by atoms with Crippen LogP contribution >= 0.6 is 11.8 Å². The molecule has 0 radical (unpaired) electrons. The fourth-order valence-electron chi connectivity index (χ4n) is 2.89. The number of carbonyl (C=O) groups excluding carboxylic acids is 3. The number of hydrogen-bond donors (Lipinski definition) is 3. The van der Waals surface area contributed by atoms with Crippen LogP contribution < -0.4 is 20.7 Å². The molecule has 3 amide bonds. The Morgan fingerprint density at radius 2 is 1.89 bits per heavy atom. The molecule has 138 valence electrons. The highest BCUT2D eigenvalue weighted by molar-refractivity contribution is 8.01. The SMILES string of the molecule is C[C@@H]1Oc2ccc(NC(=O)C[C@H]3Sc4ccccc4NC3=O)cc2NC1=O. The molecular weight excluding hydrogens is 366 g/mol. The van der Waals surface area contributed by atoms with Crippen molar-refractivity contribution in [3.63, 3.8) is 0 Å². The van der Waals surface area contributed by atoms with E-state index in [2.05, 4.69) is 16.0 Å². The van der Waals surface area contributed by atoms with Gasteiger partial charge in [-0.05, 0) is 37.3 Å². The minimum absolute atomic E-state index is 0.0435. The number of anilines is 3. The second-order valence-electron chi connectivity index (χ2n) is 6.30. The summed E-state index contributed by atoms with van der Waals surface area (Å²) in [6.07, 6.45) is -0.510. The van der Waals surface area contributed by atoms with E-state index in [0.29, 0.717) is 17.1 Å². The molecule has 2 atom stereocenters. The van der Waals surface area contributed by atoms with Gasteiger partial charge in [0.2, 0.25) is 11.8 Å². The molecule has 0 saturated carbocycles. The Bertz CT molecular complexity index is 946. The number of fused-ring (bicyclic) bond motifs is 2. The fraction of sp³-hybridized carbons (Fsp3) is 0.211. The van der Waals surface area contributed by atoms with Gasteiger partial charge in [0.15, 0.2) is 6.10 Å². The van der Waals surface area contributed by atoms with Gasteiger partial charge < -0.3 is 20.7 Å². The molecule has 0 spiro atoms. The van der Waals surface area contributed by atoms with Crippen LogP contribution in [0.15, 0.2) is 47.4 Å². The van der Waals surface area contributed by atoms with Crippen LogP contribution in [0.3, 0.4) is 0 Å². The quantitative estimate of drug-likeness (QED) is 0.757. The van der Waals surface area contributed by atoms with Crippen molar-refractivity contribution in [1.82, 2.24) is 0 Å². The summed E-state index contributed by atoms with van der Waals surface area (Å²) in [7, 11) is 0. The van der Waals surface area contributed by atoms with E-state index in [4.69, 9.17) is 4.74 Å². The Hall–Kier alpha value is -3.00. The predicted octanol–water partition coefficient (Wildman–Crippen LogP) is 2.85. The number of rotatable bonds is 3. The number of thioether (sulfide) groups is 1. The Kier molecular flexibility index (Phi) is 4.49. The van der Waals surface area contributed by atoms with Crippen LogP contribution in [-0.2, 0) is 14.4 Å². The number of para-hydroxylation sites is 1. The molecule has 3 N–H and O–H groups in total. The molecule has 0 bridgehead atoms. The van der Waals surface area contributed by atoms with Crippen LogP contribution in [0.2, 0.25) is 0 Å². The molecule has 2 aliphatic heterocycles. The van der Waals surface area contributed by atoms with Gasteiger partial charge in [0.05, 0.1) is 16.6 Å². The largest absolute Gasteiger partial charge is 0.479 e. The van der Waals surface area contributed by atoms with Crippen LogP contribution in [0, 0.1) is 0 Å². The van der Waals surface area contributed by atoms with Crippen molar-refractivity contribution in [2.24, 2.45) is 0 Å². The first-order chi connectivity index (χ1) is 13.0. The molecule has 27 heavy (non-hydrogen) atoms. The lowest BCUT2D eigenvalue weighted by atomic mass is 10.2. The lowest BCUT2D eigenvalue weighted by molar-refractivity contribution is -0.122. The van der Waals surface area contributed by atoms with E-state index < -0.39 is 11.4 Å². The van der Waals surface area contributed by atoms with Gasteiger partial charge in [-0.1, -0.05) is 12.1 Å². The van der Waals surface area contributed by atoms with Gasteiger partial charge in [-0.25, -0.2) is 0 Å². The smallest absolute Gasteiger partial charge is 0.265 e. The van der Waals surface area contributed by atoms with E-state index in [1.807, 2.05) is 24.3 Å². The standard InChI is InChI=1S/C19H17N3O4S/c1-10-18(24)22-13-8-11(6-7-14(13)26-10)20-17(23)9-16-19(25)21-12-4-2-3-5-15(12)27-16/h2-8,10,16H,9H2,1H3,(H,20,23)(H,21,25)(H,22,24)/t10-,16+/m0/s1. The van der Waals surface area contributed by atoms with Gasteiger partial charge in [0, 0.05) is 17.0 Å². The molecule has 7 nitrogen and oxygen atoms in total. The van der Waals surface area contributed by atoms with Crippen LogP contribution in [0.25, 0.3) is 0 Å². The van der Waals surface area contributed by atoms with Gasteiger partial charge in [0.25, 0.3) is 5.91 Å². The summed E-state index contributed by atoms with van der Waals surface area (Å²) in [5.41, 5.74) is 1.80. The van der Waals surface area contributed by atoms with Gasteiger partial charge in [-0.15, -0.1) is 11.8 Å². The van der Waals surface area contributed by atoms with Crippen LogP contribution in [0.4, 0.5) is 17.1 Å². The van der Waals surface area contributed by atoms with Gasteiger partial charge in [-0.2, -0.15) is 0 Å². The maximum absolute atomic E-state index is 12.4. The zero-order chi connectivity index (χ0) is 19.0. The molecule has 4 rings (SSSR count). The van der Waals surface area contributed by atoms with Crippen molar-refractivity contribution in [1.29, 1.82) is 0 Å². The van der Waals surface area contributed by atoms with Crippen LogP contribution in [0.1, 0.15) is 13.3 Å². The number of amides is 3. The van der Waals surface area contributed by atoms with Crippen molar-refractivity contribution in [2.45, 2.75) is 29.6 Å². The molecule has 2 aromatic carbocycles. The molecule has 2 aliphatic rings. The number of benzene rings is 2. The molecular formula is C19H17N3O4S. The topological polar surface area (TPSA) is 96.5 Å². The van der Waals surface area contributed by atoms with E-state index in [1.54, 1.807) is 25.1 Å². The monoisotopic (exact) mass is 383 g/mol. The highest BCUT2D eigenvalue weighted by Crippen LogP contribution is 2.37. The highest BCUT2D eigenvalue weighted by Gasteiger charge is 2.29. The van der Waals surface area contributed by atoms with E-state index in [0.717, 1.165) is 10.6 Å². The third-order valence-corrected chi connectivity index (χ3v) is 5.55. The molecule has 2 aromatic rings. The molecule has 0 aliphatic carbocycles. The summed E-state index contributed by atoms with van der Waals surface area (Å²) in [6, 6.07) is 12.5. The first-order valence-corrected chi connectivity index (χ1v) is 9.35. The van der Waals surface area contributed by atoms with E-state index in [1.165, 1.54) is 11.8 Å². The number of hydrogen-bond acceptors (Lipinski definition) is 5. The normalized spacial score (nSPS) is 20.5. The van der Waals surface area contributed by atoms with Crippen LogP contribution in [-0.4, -0.2) is 29.1 Å². The van der Waals surface area contributed by atoms with Crippen molar-refractivity contribution in [3.05, 3.63) is 42.5 Å². The van der Waals surface area contributed by atoms with Gasteiger partial charge in [-0.3, -0.25) is 14.4 Å². The lowest BCUT2D eigenvalue weighted by Crippen LogP contribution is -2.34. The first kappa shape index (κ1) is 17.4. The van der Waals surface area contributed by atoms with Crippen LogP contribution in [0.5, 0.6) is 5.75 Å². The molecule has 0 aromatic heterocycles. The molecule has 0 unspecified atom stereocenters. The van der Waals surface area contributed by atoms with Crippen molar-refractivity contribution in [2.75, 3.05) is 16.0 Å². The minimum Gasteiger partial charge on any atom is -0.479 e. The zero-order valence-corrected chi connectivity index (χ0v) is 15.3. The Morgan fingerprint density at radius 3 is 2.74 bits per heavy atom. The summed E-state index contributed by atoms with van der Waals surface area (Å²) in [4.78, 5) is 37.3. The summed E-state index contributed by atoms with van der Waals surface area (Å²) < 4.78 is 5.49. The molecule has 0 fully saturated rings. The van der Waals surface area contributed by atoms with E-state index in [-0.39, 0.29) is 24.1 Å². The Labute approximate surface area is 159 Å². The first-order valence-electron chi connectivity index (χ1n) is 8.47. The summed E-state index contributed by atoms with van der Waals surface area (Å²) >= 11 is 1.38. The number of ether oxygens (including phenoxy) is 1. The fourth-order valence-corrected chi connectivity index (χ4v) is 4.00. The average molecular weight is 383 g/mol. The molecule has 8 heteroatoms. The molecule has 0 saturated heterocycles. The Balaban J connectivity index is 1.42. The van der Waals surface area contributed by atoms with Gasteiger partial charge in [0.1, 0.15) is 5.75 Å². The zero-order valence-electron chi connectivity index (χ0n) is 14.4. The average Bonchev–Trinajstić information content (AvgIpc) is 2.63. The lowest BCUT2D eigenvalue weighted by Gasteiger charge is -2.24. The predicted molar refractivity (Wildman–Crippen MR) is 103 cm³/mol. The van der Waals surface area contributed by atoms with E-state index >= 15 is 0 Å². The molecule has 2 heterocycles. The van der Waals surface area contributed by atoms with E-state index in [9.17, 15) is 14.4 Å². The van der Waals surface area contributed by atoms with Crippen molar-refractivity contribution in [3.8, 4) is 5.75 Å². The van der Waals surface area contributed by atoms with Gasteiger partial charge >= 0.3 is 0 Å². The summed E-state index contributed by atoms with van der Waals surface area (Å²) in [5.74, 6) is -0.147. The maximum Gasteiger partial charge on any atom is 0.265 e. The summed E-state index contributed by atoms with van der Waals surface area (Å²) in [6.45, 7) is 1.67. The second kappa shape index (κ2) is 6.96. The number of nitrogens with one attached hydrogen (secondary N) is 3. The third kappa shape index (κ3) is 3.61. The Morgan fingerprint density at radius 1 is 1.11 bits per heavy atom. The maximum atomic E-state index is 12.4. The second-order valence-corrected chi connectivity index (χ2v) is 7.55. The summed E-state index contributed by atoms with van der Waals surface area (Å²) in [5, 5.41) is 7.84. The number of carbonyl (C=O) groups is 3. The minimum atomic E-state index is -0.553. The van der Waals surface area contributed by atoms with Crippen molar-refractivity contribution < 1.29 is 19.1 Å². The highest BCUT2D eigenvalue weighted by atomic mass is 32.2.